The van der Waals surface area contributed by atoms with E-state index < -0.39 is 0 Å². The van der Waals surface area contributed by atoms with Crippen LogP contribution in [0, 0.1) is 0 Å². The van der Waals surface area contributed by atoms with Crippen LogP contribution in [0.3, 0.4) is 0 Å². The van der Waals surface area contributed by atoms with E-state index in [0.29, 0.717) is 0 Å². The second-order valence-corrected chi connectivity index (χ2v) is 7.00. The first-order valence-electron chi connectivity index (χ1n) is 9.02. The summed E-state index contributed by atoms with van der Waals surface area (Å²) < 4.78 is 5.67. The molecule has 0 N–H and O–H groups in total. The Hall–Kier alpha value is -0.830. The van der Waals surface area contributed by atoms with Crippen molar-refractivity contribution in [1.82, 2.24) is 0 Å². The van der Waals surface area contributed by atoms with E-state index in [9.17, 15) is 4.79 Å². The molecule has 126 valence electrons. The smallest absolute Gasteiger partial charge is 0.348 e. The molecule has 1 aromatic heterocycles. The summed E-state index contributed by atoms with van der Waals surface area (Å²) in [7, 11) is 0. The molecule has 0 aliphatic heterocycles. The largest absolute Gasteiger partial charge is 0.458 e. The second-order valence-electron chi connectivity index (χ2n) is 6.06. The molecule has 1 rings (SSSR count). The zero-order valence-corrected chi connectivity index (χ0v) is 15.1. The van der Waals surface area contributed by atoms with Gasteiger partial charge in [0.25, 0.3) is 0 Å². The Labute approximate surface area is 140 Å². The molecule has 1 heterocycles. The Morgan fingerprint density at radius 3 is 2.27 bits per heavy atom. The lowest BCUT2D eigenvalue weighted by Gasteiger charge is -2.16. The maximum Gasteiger partial charge on any atom is 0.348 e. The molecule has 0 saturated carbocycles. The fourth-order valence-electron chi connectivity index (χ4n) is 2.69. The van der Waals surface area contributed by atoms with Crippen LogP contribution in [0.4, 0.5) is 0 Å². The number of ether oxygens (including phenoxy) is 1. The summed E-state index contributed by atoms with van der Waals surface area (Å²) in [5.74, 6) is -0.145. The number of thiophene rings is 1. The zero-order valence-electron chi connectivity index (χ0n) is 14.3. The van der Waals surface area contributed by atoms with Crippen molar-refractivity contribution in [2.75, 3.05) is 0 Å². The maximum atomic E-state index is 12.0. The molecule has 0 fully saturated rings. The van der Waals surface area contributed by atoms with Crippen LogP contribution in [0.1, 0.15) is 94.1 Å². The Morgan fingerprint density at radius 2 is 1.68 bits per heavy atom. The first kappa shape index (κ1) is 19.2. The Bertz CT molecular complexity index is 373. The summed E-state index contributed by atoms with van der Waals surface area (Å²) in [6.07, 6.45) is 13.7. The van der Waals surface area contributed by atoms with Gasteiger partial charge in [-0.05, 0) is 30.7 Å². The monoisotopic (exact) mass is 324 g/mol. The molecule has 0 saturated heterocycles. The molecule has 0 aromatic carbocycles. The van der Waals surface area contributed by atoms with Gasteiger partial charge in [-0.25, -0.2) is 4.79 Å². The van der Waals surface area contributed by atoms with E-state index >= 15 is 0 Å². The summed E-state index contributed by atoms with van der Waals surface area (Å²) in [4.78, 5) is 12.7. The topological polar surface area (TPSA) is 26.3 Å². The fourth-order valence-corrected chi connectivity index (χ4v) is 3.30. The average molecular weight is 325 g/mol. The molecule has 22 heavy (non-hydrogen) atoms. The summed E-state index contributed by atoms with van der Waals surface area (Å²) >= 11 is 1.46. The van der Waals surface area contributed by atoms with Gasteiger partial charge in [0, 0.05) is 0 Å². The molecule has 0 bridgehead atoms. The normalized spacial score (nSPS) is 12.3. The van der Waals surface area contributed by atoms with E-state index in [-0.39, 0.29) is 12.1 Å². The minimum absolute atomic E-state index is 0.0969. The third-order valence-corrected chi connectivity index (χ3v) is 4.84. The molecular weight excluding hydrogens is 292 g/mol. The molecule has 0 amide bonds. The van der Waals surface area contributed by atoms with Crippen molar-refractivity contribution in [1.29, 1.82) is 0 Å². The van der Waals surface area contributed by atoms with Gasteiger partial charge in [0.15, 0.2) is 0 Å². The molecule has 0 radical (unpaired) electrons. The van der Waals surface area contributed by atoms with Crippen LogP contribution in [0.15, 0.2) is 17.5 Å². The zero-order chi connectivity index (χ0) is 16.0. The standard InChI is InChI=1S/C19H32O2S/c1-3-5-6-7-8-9-10-11-14-17(13-4-2)21-19(20)18-15-12-16-22-18/h12,15-17H,3-11,13-14H2,1-2H3. The van der Waals surface area contributed by atoms with Crippen LogP contribution < -0.4 is 0 Å². The van der Waals surface area contributed by atoms with Crippen LogP contribution in [0.25, 0.3) is 0 Å². The van der Waals surface area contributed by atoms with E-state index in [0.717, 1.165) is 24.1 Å². The highest BCUT2D eigenvalue weighted by molar-refractivity contribution is 7.11. The summed E-state index contributed by atoms with van der Waals surface area (Å²) in [6.45, 7) is 4.41. The number of carbonyl (C=O) groups is 1. The number of hydrogen-bond donors (Lipinski definition) is 0. The fraction of sp³-hybridized carbons (Fsp3) is 0.737. The number of unbranched alkanes of at least 4 members (excludes halogenated alkanes) is 7. The van der Waals surface area contributed by atoms with Gasteiger partial charge >= 0.3 is 5.97 Å². The molecule has 0 aliphatic carbocycles. The molecule has 1 atom stereocenters. The van der Waals surface area contributed by atoms with Crippen molar-refractivity contribution < 1.29 is 9.53 Å². The Morgan fingerprint density at radius 1 is 1.00 bits per heavy atom. The van der Waals surface area contributed by atoms with Crippen LogP contribution >= 0.6 is 11.3 Å². The van der Waals surface area contributed by atoms with Crippen LogP contribution in [0.2, 0.25) is 0 Å². The highest BCUT2D eigenvalue weighted by Crippen LogP contribution is 2.18. The van der Waals surface area contributed by atoms with Crippen molar-refractivity contribution >= 4 is 17.3 Å². The number of esters is 1. The number of hydrogen-bond acceptors (Lipinski definition) is 3. The Kier molecular flexibility index (Phi) is 11.1. The third kappa shape index (κ3) is 8.57. The average Bonchev–Trinajstić information content (AvgIpc) is 3.04. The highest BCUT2D eigenvalue weighted by Gasteiger charge is 2.15. The van der Waals surface area contributed by atoms with Gasteiger partial charge in [-0.2, -0.15) is 0 Å². The first-order valence-corrected chi connectivity index (χ1v) is 9.90. The molecule has 3 heteroatoms. The van der Waals surface area contributed by atoms with Gasteiger partial charge in [0.1, 0.15) is 11.0 Å². The maximum absolute atomic E-state index is 12.0. The molecular formula is C19H32O2S. The van der Waals surface area contributed by atoms with Gasteiger partial charge < -0.3 is 4.74 Å². The molecule has 1 unspecified atom stereocenters. The van der Waals surface area contributed by atoms with Crippen molar-refractivity contribution in [2.45, 2.75) is 90.6 Å². The van der Waals surface area contributed by atoms with Crippen LogP contribution in [-0.2, 0) is 4.74 Å². The number of rotatable bonds is 13. The lowest BCUT2D eigenvalue weighted by Crippen LogP contribution is -2.17. The highest BCUT2D eigenvalue weighted by atomic mass is 32.1. The van der Waals surface area contributed by atoms with Crippen LogP contribution in [0.5, 0.6) is 0 Å². The minimum atomic E-state index is -0.145. The number of carbonyl (C=O) groups excluding carboxylic acids is 1. The van der Waals surface area contributed by atoms with Crippen molar-refractivity contribution in [2.24, 2.45) is 0 Å². The summed E-state index contributed by atoms with van der Waals surface area (Å²) in [5.41, 5.74) is 0. The van der Waals surface area contributed by atoms with Crippen molar-refractivity contribution in [3.63, 3.8) is 0 Å². The van der Waals surface area contributed by atoms with Crippen molar-refractivity contribution in [3.05, 3.63) is 22.4 Å². The second kappa shape index (κ2) is 12.7. The van der Waals surface area contributed by atoms with Gasteiger partial charge in [-0.3, -0.25) is 0 Å². The van der Waals surface area contributed by atoms with E-state index in [4.69, 9.17) is 4.74 Å². The van der Waals surface area contributed by atoms with Crippen LogP contribution in [-0.4, -0.2) is 12.1 Å². The van der Waals surface area contributed by atoms with E-state index in [1.165, 1.54) is 62.7 Å². The molecule has 1 aromatic rings. The Balaban J connectivity index is 2.14. The predicted octanol–water partition coefficient (Wildman–Crippen LogP) is 6.60. The first-order chi connectivity index (χ1) is 10.8. The quantitative estimate of drug-likeness (QED) is 0.301. The summed E-state index contributed by atoms with van der Waals surface area (Å²) in [5, 5.41) is 1.92. The van der Waals surface area contributed by atoms with Gasteiger partial charge in [-0.15, -0.1) is 11.3 Å². The van der Waals surface area contributed by atoms with E-state index in [1.54, 1.807) is 0 Å². The van der Waals surface area contributed by atoms with Gasteiger partial charge in [0.2, 0.25) is 0 Å². The third-order valence-electron chi connectivity index (χ3n) is 3.99. The van der Waals surface area contributed by atoms with Gasteiger partial charge in [0.05, 0.1) is 0 Å². The molecule has 2 nitrogen and oxygen atoms in total. The lowest BCUT2D eigenvalue weighted by atomic mass is 10.0. The SMILES string of the molecule is CCCCCCCCCCC(CCC)OC(=O)c1cccs1. The van der Waals surface area contributed by atoms with Crippen molar-refractivity contribution in [3.8, 4) is 0 Å². The van der Waals surface area contributed by atoms with E-state index in [1.807, 2.05) is 17.5 Å². The molecule has 0 aliphatic rings. The summed E-state index contributed by atoms with van der Waals surface area (Å²) in [6, 6.07) is 3.74. The van der Waals surface area contributed by atoms with Gasteiger partial charge in [-0.1, -0.05) is 71.3 Å². The minimum Gasteiger partial charge on any atom is -0.458 e. The molecule has 0 spiro atoms. The van der Waals surface area contributed by atoms with E-state index in [2.05, 4.69) is 13.8 Å². The lowest BCUT2D eigenvalue weighted by molar-refractivity contribution is 0.0259. The predicted molar refractivity (Wildman–Crippen MR) is 95.7 cm³/mol.